The minimum absolute atomic E-state index is 0.0505. The SMILES string of the molecule is Cc1ccc(-c2cc(-c3nnc4n3N=C(c3ccc([N+](=O)[O-])cc3)CS4)[nH]n2)cc1. The molecule has 0 saturated heterocycles. The van der Waals surface area contributed by atoms with Gasteiger partial charge in [0.05, 0.1) is 16.3 Å². The first-order valence-electron chi connectivity index (χ1n) is 9.12. The van der Waals surface area contributed by atoms with Crippen molar-refractivity contribution in [2.24, 2.45) is 5.10 Å². The Morgan fingerprint density at radius 2 is 1.80 bits per heavy atom. The summed E-state index contributed by atoms with van der Waals surface area (Å²) in [7, 11) is 0. The predicted octanol–water partition coefficient (Wildman–Crippen LogP) is 3.91. The van der Waals surface area contributed by atoms with Crippen molar-refractivity contribution >= 4 is 23.2 Å². The first-order valence-corrected chi connectivity index (χ1v) is 10.1. The number of nitrogens with zero attached hydrogens (tertiary/aromatic N) is 6. The number of hydrogen-bond donors (Lipinski definition) is 1. The highest BCUT2D eigenvalue weighted by atomic mass is 32.2. The summed E-state index contributed by atoms with van der Waals surface area (Å²) in [5.41, 5.74) is 5.38. The highest BCUT2D eigenvalue weighted by Crippen LogP contribution is 2.29. The Bertz CT molecular complexity index is 1270. The van der Waals surface area contributed by atoms with Crippen LogP contribution in [-0.2, 0) is 0 Å². The third-order valence-electron chi connectivity index (χ3n) is 4.75. The molecule has 148 valence electrons. The van der Waals surface area contributed by atoms with Gasteiger partial charge in [-0.2, -0.15) is 14.9 Å². The second-order valence-corrected chi connectivity index (χ2v) is 7.73. The van der Waals surface area contributed by atoms with Gasteiger partial charge < -0.3 is 0 Å². The van der Waals surface area contributed by atoms with Gasteiger partial charge in [-0.1, -0.05) is 41.6 Å². The molecule has 10 heteroatoms. The van der Waals surface area contributed by atoms with Crippen molar-refractivity contribution in [2.75, 3.05) is 5.75 Å². The molecular formula is C20H15N7O2S. The van der Waals surface area contributed by atoms with Crippen LogP contribution in [0.1, 0.15) is 11.1 Å². The van der Waals surface area contributed by atoms with Gasteiger partial charge in [0.1, 0.15) is 5.69 Å². The zero-order valence-electron chi connectivity index (χ0n) is 15.8. The van der Waals surface area contributed by atoms with Gasteiger partial charge >= 0.3 is 0 Å². The molecule has 0 amide bonds. The number of nitrogens with one attached hydrogen (secondary N) is 1. The molecule has 3 heterocycles. The smallest absolute Gasteiger partial charge is 0.269 e. The maximum Gasteiger partial charge on any atom is 0.269 e. The molecule has 1 aliphatic heterocycles. The van der Waals surface area contributed by atoms with Crippen molar-refractivity contribution in [3.8, 4) is 22.8 Å². The quantitative estimate of drug-likeness (QED) is 0.398. The Hall–Kier alpha value is -3.79. The third-order valence-corrected chi connectivity index (χ3v) is 5.68. The fraction of sp³-hybridized carbons (Fsp3) is 0.100. The lowest BCUT2D eigenvalue weighted by molar-refractivity contribution is -0.384. The molecule has 0 spiro atoms. The fourth-order valence-electron chi connectivity index (χ4n) is 3.12. The molecular weight excluding hydrogens is 402 g/mol. The Morgan fingerprint density at radius 1 is 1.07 bits per heavy atom. The maximum absolute atomic E-state index is 10.9. The second-order valence-electron chi connectivity index (χ2n) is 6.79. The number of nitro groups is 1. The van der Waals surface area contributed by atoms with Crippen molar-refractivity contribution in [1.82, 2.24) is 25.1 Å². The van der Waals surface area contributed by atoms with Crippen LogP contribution in [0.15, 0.2) is 64.9 Å². The monoisotopic (exact) mass is 417 g/mol. The molecule has 0 saturated carbocycles. The average molecular weight is 417 g/mol. The van der Waals surface area contributed by atoms with Crippen LogP contribution < -0.4 is 0 Å². The number of aromatic amines is 1. The summed E-state index contributed by atoms with van der Waals surface area (Å²) < 4.78 is 1.68. The van der Waals surface area contributed by atoms with Crippen molar-refractivity contribution in [2.45, 2.75) is 12.1 Å². The van der Waals surface area contributed by atoms with E-state index in [1.807, 2.05) is 37.3 Å². The van der Waals surface area contributed by atoms with Gasteiger partial charge in [0.25, 0.3) is 5.69 Å². The molecule has 1 aliphatic rings. The molecule has 2 aromatic heterocycles. The zero-order chi connectivity index (χ0) is 20.7. The molecule has 0 fully saturated rings. The average Bonchev–Trinajstić information content (AvgIpc) is 3.41. The molecule has 0 radical (unpaired) electrons. The third kappa shape index (κ3) is 3.26. The Labute approximate surface area is 175 Å². The van der Waals surface area contributed by atoms with Gasteiger partial charge in [-0.25, -0.2) is 0 Å². The molecule has 1 N–H and O–H groups in total. The Morgan fingerprint density at radius 3 is 2.53 bits per heavy atom. The number of hydrogen-bond acceptors (Lipinski definition) is 7. The van der Waals surface area contributed by atoms with E-state index in [2.05, 4.69) is 25.5 Å². The number of non-ortho nitro benzene ring substituents is 1. The van der Waals surface area contributed by atoms with E-state index >= 15 is 0 Å². The summed E-state index contributed by atoms with van der Waals surface area (Å²) in [4.78, 5) is 10.5. The van der Waals surface area contributed by atoms with E-state index in [-0.39, 0.29) is 5.69 Å². The van der Waals surface area contributed by atoms with Crippen LogP contribution in [0.5, 0.6) is 0 Å². The van der Waals surface area contributed by atoms with Gasteiger partial charge in [0, 0.05) is 23.4 Å². The van der Waals surface area contributed by atoms with Crippen LogP contribution in [0.4, 0.5) is 5.69 Å². The standard InChI is InChI=1S/C20H15N7O2S/c1-12-2-4-13(5-3-12)16-10-17(22-21-16)19-23-24-20-26(19)25-18(11-30-20)14-6-8-15(9-7-14)27(28)29/h2-10H,11H2,1H3,(H,21,22). The van der Waals surface area contributed by atoms with Crippen LogP contribution in [0.25, 0.3) is 22.8 Å². The van der Waals surface area contributed by atoms with E-state index in [4.69, 9.17) is 0 Å². The molecule has 0 atom stereocenters. The summed E-state index contributed by atoms with van der Waals surface area (Å²) in [5, 5.41) is 32.2. The van der Waals surface area contributed by atoms with Gasteiger partial charge in [-0.15, -0.1) is 10.2 Å². The van der Waals surface area contributed by atoms with E-state index in [1.54, 1.807) is 16.8 Å². The zero-order valence-corrected chi connectivity index (χ0v) is 16.6. The lowest BCUT2D eigenvalue weighted by Gasteiger charge is -2.13. The van der Waals surface area contributed by atoms with Gasteiger partial charge in [-0.05, 0) is 30.7 Å². The van der Waals surface area contributed by atoms with E-state index in [0.717, 1.165) is 22.5 Å². The first-order chi connectivity index (χ1) is 14.6. The van der Waals surface area contributed by atoms with Crippen LogP contribution in [0, 0.1) is 17.0 Å². The topological polar surface area (TPSA) is 115 Å². The van der Waals surface area contributed by atoms with Gasteiger partial charge in [0.15, 0.2) is 0 Å². The van der Waals surface area contributed by atoms with Crippen molar-refractivity contribution in [3.63, 3.8) is 0 Å². The maximum atomic E-state index is 10.9. The molecule has 0 unspecified atom stereocenters. The molecule has 4 aromatic rings. The first kappa shape index (κ1) is 18.3. The van der Waals surface area contributed by atoms with E-state index < -0.39 is 4.92 Å². The van der Waals surface area contributed by atoms with Gasteiger partial charge in [-0.3, -0.25) is 15.2 Å². The summed E-state index contributed by atoms with van der Waals surface area (Å²) in [6.07, 6.45) is 0. The lowest BCUT2D eigenvalue weighted by atomic mass is 10.1. The Kier molecular flexibility index (Phi) is 4.40. The highest BCUT2D eigenvalue weighted by molar-refractivity contribution is 7.99. The largest absolute Gasteiger partial charge is 0.274 e. The van der Waals surface area contributed by atoms with Crippen LogP contribution in [-0.4, -0.2) is 41.5 Å². The van der Waals surface area contributed by atoms with Crippen molar-refractivity contribution in [3.05, 3.63) is 75.8 Å². The number of fused-ring (bicyclic) bond motifs is 1. The summed E-state index contributed by atoms with van der Waals surface area (Å²) in [5.74, 6) is 1.16. The van der Waals surface area contributed by atoms with E-state index in [1.165, 1.54) is 29.5 Å². The normalized spacial score (nSPS) is 13.0. The van der Waals surface area contributed by atoms with E-state index in [0.29, 0.717) is 22.4 Å². The highest BCUT2D eigenvalue weighted by Gasteiger charge is 2.22. The van der Waals surface area contributed by atoms with Crippen molar-refractivity contribution < 1.29 is 4.92 Å². The van der Waals surface area contributed by atoms with Gasteiger partial charge in [0.2, 0.25) is 11.0 Å². The number of nitro benzene ring substituents is 1. The molecule has 2 aromatic carbocycles. The fourth-order valence-corrected chi connectivity index (χ4v) is 3.96. The number of H-pyrrole nitrogens is 1. The minimum Gasteiger partial charge on any atom is -0.274 e. The minimum atomic E-state index is -0.416. The molecule has 9 nitrogen and oxygen atoms in total. The lowest BCUT2D eigenvalue weighted by Crippen LogP contribution is -2.13. The number of benzene rings is 2. The van der Waals surface area contributed by atoms with Crippen LogP contribution >= 0.6 is 11.8 Å². The van der Waals surface area contributed by atoms with E-state index in [9.17, 15) is 10.1 Å². The number of aromatic nitrogens is 5. The Balaban J connectivity index is 1.49. The predicted molar refractivity (Wildman–Crippen MR) is 114 cm³/mol. The number of thioether (sulfide) groups is 1. The number of aryl methyl sites for hydroxylation is 1. The summed E-state index contributed by atoms with van der Waals surface area (Å²) in [6.45, 7) is 2.04. The van der Waals surface area contributed by atoms with Crippen LogP contribution in [0.2, 0.25) is 0 Å². The summed E-state index contributed by atoms with van der Waals surface area (Å²) >= 11 is 1.51. The molecule has 30 heavy (non-hydrogen) atoms. The van der Waals surface area contributed by atoms with Crippen LogP contribution in [0.3, 0.4) is 0 Å². The summed E-state index contributed by atoms with van der Waals surface area (Å²) in [6, 6.07) is 16.4. The second kappa shape index (κ2) is 7.23. The molecule has 0 aliphatic carbocycles. The van der Waals surface area contributed by atoms with Crippen molar-refractivity contribution in [1.29, 1.82) is 0 Å². The molecule has 5 rings (SSSR count). The molecule has 0 bridgehead atoms. The number of rotatable bonds is 4.